The van der Waals surface area contributed by atoms with E-state index < -0.39 is 0 Å². The average Bonchev–Trinajstić information content (AvgIpc) is 3.21. The summed E-state index contributed by atoms with van der Waals surface area (Å²) >= 11 is 5.81. The molecule has 0 saturated heterocycles. The molecule has 0 aromatic rings. The highest BCUT2D eigenvalue weighted by Gasteiger charge is 2.66. The standard InChI is InChI=1S/C32H52N2O2S/c1-5-6-7-8-9-10-11-12-13-23-14-15-24-27-25(17-18-30(23,24)2)31(3)19-16-22(28(35)36-4)20-32(31)21-26(27)33-29(37)34-32/h21-25,27H,5-20H2,1-4H3,(H2,33,34,37)/t22?,23?,24?,25?,27?,30?,31?,32-/m0/s1. The molecular weight excluding hydrogens is 476 g/mol. The zero-order chi connectivity index (χ0) is 26.3. The number of thiocarbonyl (C=S) groups is 1. The molecule has 0 aromatic carbocycles. The van der Waals surface area contributed by atoms with Crippen molar-refractivity contribution in [3.63, 3.8) is 0 Å². The minimum Gasteiger partial charge on any atom is -0.469 e. The molecule has 37 heavy (non-hydrogen) atoms. The summed E-state index contributed by atoms with van der Waals surface area (Å²) in [6.45, 7) is 7.46. The van der Waals surface area contributed by atoms with Crippen LogP contribution in [0.3, 0.4) is 0 Å². The quantitative estimate of drug-likeness (QED) is 0.173. The predicted molar refractivity (Wildman–Crippen MR) is 155 cm³/mol. The highest BCUT2D eigenvalue weighted by Crippen LogP contribution is 2.69. The highest BCUT2D eigenvalue weighted by molar-refractivity contribution is 7.80. The molecule has 0 aromatic heterocycles. The molecule has 1 aliphatic heterocycles. The largest absolute Gasteiger partial charge is 0.469 e. The molecule has 4 aliphatic carbocycles. The van der Waals surface area contributed by atoms with Crippen molar-refractivity contribution in [2.75, 3.05) is 7.11 Å². The van der Waals surface area contributed by atoms with E-state index in [9.17, 15) is 4.79 Å². The lowest BCUT2D eigenvalue weighted by Gasteiger charge is -2.66. The number of hydrogen-bond acceptors (Lipinski definition) is 3. The summed E-state index contributed by atoms with van der Waals surface area (Å²) in [6.07, 6.45) is 23.5. The molecule has 5 rings (SSSR count). The van der Waals surface area contributed by atoms with Crippen LogP contribution in [-0.4, -0.2) is 23.7 Å². The first-order valence-corrected chi connectivity index (χ1v) is 16.1. The Morgan fingerprint density at radius 3 is 2.46 bits per heavy atom. The molecule has 8 atom stereocenters. The van der Waals surface area contributed by atoms with E-state index in [-0.39, 0.29) is 22.8 Å². The number of fused-ring (bicyclic) bond motifs is 5. The third kappa shape index (κ3) is 4.67. The minimum atomic E-state index is -0.230. The molecular formula is C32H52N2O2S. The van der Waals surface area contributed by atoms with Gasteiger partial charge in [0.15, 0.2) is 5.11 Å². The van der Waals surface area contributed by atoms with Gasteiger partial charge in [-0.2, -0.15) is 0 Å². The molecule has 2 N–H and O–H groups in total. The summed E-state index contributed by atoms with van der Waals surface area (Å²) in [7, 11) is 1.53. The van der Waals surface area contributed by atoms with Crippen molar-refractivity contribution in [2.24, 2.45) is 40.4 Å². The van der Waals surface area contributed by atoms with Gasteiger partial charge in [-0.15, -0.1) is 0 Å². The van der Waals surface area contributed by atoms with E-state index in [1.807, 2.05) is 0 Å². The van der Waals surface area contributed by atoms with E-state index in [0.717, 1.165) is 36.2 Å². The molecule has 208 valence electrons. The lowest BCUT2D eigenvalue weighted by atomic mass is 9.42. The van der Waals surface area contributed by atoms with Crippen LogP contribution in [0.15, 0.2) is 11.8 Å². The Hall–Kier alpha value is -1.10. The van der Waals surface area contributed by atoms with Gasteiger partial charge in [-0.1, -0.05) is 72.1 Å². The number of methoxy groups -OCH3 is 1. The predicted octanol–water partition coefficient (Wildman–Crippen LogP) is 7.67. The van der Waals surface area contributed by atoms with Crippen molar-refractivity contribution >= 4 is 23.3 Å². The Kier molecular flexibility index (Phi) is 8.03. The fourth-order valence-electron chi connectivity index (χ4n) is 10.0. The van der Waals surface area contributed by atoms with Gasteiger partial charge in [0.2, 0.25) is 0 Å². The normalized spacial score (nSPS) is 42.0. The number of unbranched alkanes of at least 4 members (excludes halogenated alkanes) is 7. The number of carbonyl (C=O) groups excluding carboxylic acids is 1. The van der Waals surface area contributed by atoms with Gasteiger partial charge < -0.3 is 15.4 Å². The van der Waals surface area contributed by atoms with Crippen molar-refractivity contribution in [1.82, 2.24) is 10.6 Å². The molecule has 2 bridgehead atoms. The second kappa shape index (κ2) is 10.8. The zero-order valence-electron chi connectivity index (χ0n) is 24.0. The number of esters is 1. The molecule has 5 heteroatoms. The Balaban J connectivity index is 1.30. The lowest BCUT2D eigenvalue weighted by Crippen LogP contribution is -2.72. The van der Waals surface area contributed by atoms with Crippen LogP contribution in [0.1, 0.15) is 124 Å². The fraction of sp³-hybridized carbons (Fsp3) is 0.875. The van der Waals surface area contributed by atoms with E-state index in [4.69, 9.17) is 17.0 Å². The maximum Gasteiger partial charge on any atom is 0.308 e. The van der Waals surface area contributed by atoms with Gasteiger partial charge in [0.25, 0.3) is 0 Å². The number of carbonyl (C=O) groups is 1. The van der Waals surface area contributed by atoms with Gasteiger partial charge in [0.1, 0.15) is 0 Å². The van der Waals surface area contributed by atoms with Crippen LogP contribution < -0.4 is 10.6 Å². The van der Waals surface area contributed by atoms with Crippen LogP contribution in [-0.2, 0) is 9.53 Å². The number of hydrogen-bond donors (Lipinski definition) is 2. The van der Waals surface area contributed by atoms with Crippen LogP contribution in [0.2, 0.25) is 0 Å². The second-order valence-corrected chi connectivity index (χ2v) is 14.3. The molecule has 1 heterocycles. The summed E-state index contributed by atoms with van der Waals surface area (Å²) in [5.74, 6) is 2.75. The van der Waals surface area contributed by atoms with Gasteiger partial charge in [0, 0.05) is 11.6 Å². The van der Waals surface area contributed by atoms with Gasteiger partial charge in [-0.3, -0.25) is 4.79 Å². The Morgan fingerprint density at radius 1 is 1.00 bits per heavy atom. The van der Waals surface area contributed by atoms with E-state index in [1.165, 1.54) is 96.3 Å². The minimum absolute atomic E-state index is 0.0445. The molecule has 0 radical (unpaired) electrons. The highest BCUT2D eigenvalue weighted by atomic mass is 32.1. The van der Waals surface area contributed by atoms with Crippen LogP contribution in [0, 0.1) is 40.4 Å². The van der Waals surface area contributed by atoms with Crippen LogP contribution in [0.25, 0.3) is 0 Å². The van der Waals surface area contributed by atoms with E-state index in [1.54, 1.807) is 0 Å². The number of allylic oxidation sites excluding steroid dienone is 1. The molecule has 5 aliphatic rings. The molecule has 3 saturated carbocycles. The van der Waals surface area contributed by atoms with Crippen LogP contribution >= 0.6 is 12.2 Å². The molecule has 4 nitrogen and oxygen atoms in total. The average molecular weight is 529 g/mol. The summed E-state index contributed by atoms with van der Waals surface area (Å²) in [5.41, 5.74) is 1.72. The van der Waals surface area contributed by atoms with Crippen LogP contribution in [0.4, 0.5) is 0 Å². The first kappa shape index (κ1) is 27.5. The number of rotatable bonds is 10. The van der Waals surface area contributed by atoms with E-state index >= 15 is 0 Å². The number of ether oxygens (including phenoxy) is 1. The summed E-state index contributed by atoms with van der Waals surface area (Å²) in [6, 6.07) is 0. The Labute approximate surface area is 231 Å². The Morgan fingerprint density at radius 2 is 1.73 bits per heavy atom. The zero-order valence-corrected chi connectivity index (χ0v) is 24.8. The third-order valence-electron chi connectivity index (χ3n) is 12.2. The first-order valence-electron chi connectivity index (χ1n) is 15.7. The van der Waals surface area contributed by atoms with Gasteiger partial charge >= 0.3 is 5.97 Å². The number of nitrogens with one attached hydrogen (secondary N) is 2. The third-order valence-corrected chi connectivity index (χ3v) is 12.4. The SMILES string of the molecule is CCCCCCCCCCC1CCC2C3C4=C[C@]5(CC(C(=O)OC)CCC5(C)C3CCC12C)NC(=S)N4. The van der Waals surface area contributed by atoms with E-state index in [2.05, 4.69) is 37.5 Å². The molecule has 3 fully saturated rings. The van der Waals surface area contributed by atoms with Crippen LogP contribution in [0.5, 0.6) is 0 Å². The molecule has 1 spiro atoms. The summed E-state index contributed by atoms with van der Waals surface area (Å²) in [4.78, 5) is 12.6. The lowest BCUT2D eigenvalue weighted by molar-refractivity contribution is -0.152. The van der Waals surface area contributed by atoms with Crippen molar-refractivity contribution in [3.05, 3.63) is 11.8 Å². The van der Waals surface area contributed by atoms with Gasteiger partial charge in [-0.05, 0) is 98.2 Å². The first-order chi connectivity index (χ1) is 17.8. The van der Waals surface area contributed by atoms with Crippen molar-refractivity contribution in [2.45, 2.75) is 129 Å². The second-order valence-electron chi connectivity index (χ2n) is 13.9. The fourth-order valence-corrected chi connectivity index (χ4v) is 10.3. The maximum atomic E-state index is 12.6. The van der Waals surface area contributed by atoms with Crippen molar-refractivity contribution in [1.29, 1.82) is 0 Å². The maximum absolute atomic E-state index is 12.6. The topological polar surface area (TPSA) is 50.4 Å². The van der Waals surface area contributed by atoms with E-state index in [0.29, 0.717) is 17.3 Å². The smallest absolute Gasteiger partial charge is 0.308 e. The Bertz CT molecular complexity index is 903. The molecule has 0 amide bonds. The monoisotopic (exact) mass is 528 g/mol. The molecule has 7 unspecified atom stereocenters. The van der Waals surface area contributed by atoms with Gasteiger partial charge in [-0.25, -0.2) is 0 Å². The summed E-state index contributed by atoms with van der Waals surface area (Å²) in [5, 5.41) is 8.11. The van der Waals surface area contributed by atoms with Gasteiger partial charge in [0.05, 0.1) is 18.6 Å². The van der Waals surface area contributed by atoms with Crippen molar-refractivity contribution in [3.8, 4) is 0 Å². The van der Waals surface area contributed by atoms with Crippen molar-refractivity contribution < 1.29 is 9.53 Å². The summed E-state index contributed by atoms with van der Waals surface area (Å²) < 4.78 is 5.19.